The number of carbonyl (C=O) groups is 2. The van der Waals surface area contributed by atoms with Crippen LogP contribution in [-0.4, -0.2) is 61.6 Å². The lowest BCUT2D eigenvalue weighted by molar-refractivity contribution is -0.121. The van der Waals surface area contributed by atoms with E-state index in [9.17, 15) is 9.59 Å². The van der Waals surface area contributed by atoms with Crippen LogP contribution in [0.3, 0.4) is 0 Å². The van der Waals surface area contributed by atoms with Crippen LogP contribution in [0.25, 0.3) is 0 Å². The molecule has 0 spiro atoms. The summed E-state index contributed by atoms with van der Waals surface area (Å²) in [6.45, 7) is 8.16. The lowest BCUT2D eigenvalue weighted by Gasteiger charge is -2.16. The van der Waals surface area contributed by atoms with Gasteiger partial charge in [0.25, 0.3) is 0 Å². The van der Waals surface area contributed by atoms with Crippen LogP contribution in [0.15, 0.2) is 0 Å². The molecule has 0 saturated heterocycles. The fraction of sp³-hybridized carbons (Fsp3) is 0.600. The summed E-state index contributed by atoms with van der Waals surface area (Å²) in [5, 5.41) is 23.0. The normalized spacial score (nSPS) is 10.6. The molecule has 2 radical (unpaired) electrons. The van der Waals surface area contributed by atoms with Crippen molar-refractivity contribution in [3.05, 3.63) is 13.3 Å². The van der Waals surface area contributed by atoms with Gasteiger partial charge in [-0.1, -0.05) is 13.8 Å². The van der Waals surface area contributed by atoms with E-state index in [1.807, 2.05) is 13.8 Å². The maximum atomic E-state index is 11.6. The summed E-state index contributed by atoms with van der Waals surface area (Å²) in [6.07, 6.45) is 1.68. The number of carbonyl (C=O) groups excluding carboxylic acids is 2. The molecule has 0 aromatic carbocycles. The van der Waals surface area contributed by atoms with Crippen molar-refractivity contribution < 1.29 is 9.59 Å². The molecule has 9 nitrogen and oxygen atoms in total. The molecule has 10 heteroatoms. The second-order valence-corrected chi connectivity index (χ2v) is 7.12. The van der Waals surface area contributed by atoms with Crippen molar-refractivity contribution in [1.82, 2.24) is 25.6 Å². The van der Waals surface area contributed by atoms with Crippen LogP contribution >= 0.6 is 11.9 Å². The Bertz CT molecular complexity index is 475. The van der Waals surface area contributed by atoms with Crippen molar-refractivity contribution in [1.29, 1.82) is 10.8 Å². The van der Waals surface area contributed by atoms with E-state index in [1.54, 1.807) is 14.1 Å². The van der Waals surface area contributed by atoms with Crippen molar-refractivity contribution in [2.45, 2.75) is 20.3 Å². The topological polar surface area (TPSA) is 133 Å². The molecule has 0 rings (SSSR count). The van der Waals surface area contributed by atoms with Crippen LogP contribution in [-0.2, 0) is 9.59 Å². The Morgan fingerprint density at radius 3 is 2.40 bits per heavy atom. The number of rotatable bonds is 9. The summed E-state index contributed by atoms with van der Waals surface area (Å²) in [6, 6.07) is 0. The monoisotopic (exact) mass is 371 g/mol. The summed E-state index contributed by atoms with van der Waals surface area (Å²) in [4.78, 5) is 24.7. The average molecular weight is 372 g/mol. The third-order valence-corrected chi connectivity index (χ3v) is 3.32. The van der Waals surface area contributed by atoms with Gasteiger partial charge in [0.05, 0.1) is 6.42 Å². The van der Waals surface area contributed by atoms with Crippen LogP contribution in [0, 0.1) is 29.6 Å². The second-order valence-electron chi connectivity index (χ2n) is 6.22. The van der Waals surface area contributed by atoms with Gasteiger partial charge >= 0.3 is 0 Å². The lowest BCUT2D eigenvalue weighted by Crippen LogP contribution is -2.43. The van der Waals surface area contributed by atoms with Gasteiger partial charge in [-0.3, -0.25) is 25.7 Å². The summed E-state index contributed by atoms with van der Waals surface area (Å²) >= 11 is 1.24. The molecule has 0 heterocycles. The number of amides is 2. The molecule has 0 saturated carbocycles. The van der Waals surface area contributed by atoms with E-state index in [-0.39, 0.29) is 36.7 Å². The van der Waals surface area contributed by atoms with E-state index in [2.05, 4.69) is 27.6 Å². The van der Waals surface area contributed by atoms with E-state index in [4.69, 9.17) is 10.8 Å². The van der Waals surface area contributed by atoms with Gasteiger partial charge in [-0.15, -0.1) is 0 Å². The molecular formula is C15H29N7O2S. The van der Waals surface area contributed by atoms with E-state index in [0.717, 1.165) is 0 Å². The first-order valence-electron chi connectivity index (χ1n) is 7.76. The highest BCUT2D eigenvalue weighted by Crippen LogP contribution is 2.15. The minimum atomic E-state index is -0.440. The standard InChI is InChI=1S/C15H29N7O2S/c1-15(2,3)10-12(24)18-7-6-11(23)19-8-9-25-21-13(16)20-14(17)22(4)5/h10H,1,6-9H2,2-5H3,(H,18,24)(H,19,23)(H4,16,17,20,21). The zero-order valence-corrected chi connectivity index (χ0v) is 16.1. The quantitative estimate of drug-likeness (QED) is 0.145. The molecule has 0 aliphatic heterocycles. The fourth-order valence-corrected chi connectivity index (χ4v) is 1.92. The zero-order chi connectivity index (χ0) is 19.5. The molecular weight excluding hydrogens is 342 g/mol. The molecule has 25 heavy (non-hydrogen) atoms. The van der Waals surface area contributed by atoms with Crippen molar-refractivity contribution in [3.8, 4) is 0 Å². The second kappa shape index (κ2) is 11.6. The van der Waals surface area contributed by atoms with Gasteiger partial charge < -0.3 is 20.3 Å². The predicted octanol–water partition coefficient (Wildman–Crippen LogP) is -0.0680. The van der Waals surface area contributed by atoms with E-state index in [0.29, 0.717) is 12.3 Å². The molecule has 0 atom stereocenters. The van der Waals surface area contributed by atoms with Crippen LogP contribution in [0.5, 0.6) is 0 Å². The Balaban J connectivity index is 3.66. The summed E-state index contributed by atoms with van der Waals surface area (Å²) < 4.78 is 2.72. The fourth-order valence-electron chi connectivity index (χ4n) is 1.41. The maximum absolute atomic E-state index is 11.6. The number of hydrogen-bond acceptors (Lipinski definition) is 5. The number of hydrogen-bond donors (Lipinski definition) is 6. The Morgan fingerprint density at radius 2 is 1.84 bits per heavy atom. The first-order valence-corrected chi connectivity index (χ1v) is 8.75. The summed E-state index contributed by atoms with van der Waals surface area (Å²) in [5.74, 6) is 0.274. The zero-order valence-electron chi connectivity index (χ0n) is 15.3. The summed E-state index contributed by atoms with van der Waals surface area (Å²) in [7, 11) is 3.40. The number of nitrogens with one attached hydrogen (secondary N) is 6. The van der Waals surface area contributed by atoms with Gasteiger partial charge in [-0.25, -0.2) is 0 Å². The van der Waals surface area contributed by atoms with Crippen LogP contribution in [0.4, 0.5) is 0 Å². The van der Waals surface area contributed by atoms with Crippen molar-refractivity contribution in [2.24, 2.45) is 5.41 Å². The Kier molecular flexibility index (Phi) is 10.7. The Morgan fingerprint density at radius 1 is 1.20 bits per heavy atom. The largest absolute Gasteiger partial charge is 0.355 e. The third-order valence-electron chi connectivity index (χ3n) is 2.56. The molecule has 0 aromatic heterocycles. The third kappa shape index (κ3) is 14.1. The molecule has 0 bridgehead atoms. The van der Waals surface area contributed by atoms with Gasteiger partial charge in [0.2, 0.25) is 17.8 Å². The van der Waals surface area contributed by atoms with E-state index < -0.39 is 5.41 Å². The first-order chi connectivity index (χ1) is 11.5. The predicted molar refractivity (Wildman–Crippen MR) is 102 cm³/mol. The van der Waals surface area contributed by atoms with Crippen molar-refractivity contribution >= 4 is 35.7 Å². The minimum absolute atomic E-state index is 0.00215. The molecule has 142 valence electrons. The maximum Gasteiger partial charge on any atom is 0.224 e. The molecule has 0 aromatic rings. The van der Waals surface area contributed by atoms with Crippen LogP contribution < -0.4 is 20.7 Å². The Hall–Kier alpha value is -1.97. The molecule has 0 aliphatic rings. The highest BCUT2D eigenvalue weighted by molar-refractivity contribution is 7.97. The van der Waals surface area contributed by atoms with E-state index in [1.165, 1.54) is 23.3 Å². The smallest absolute Gasteiger partial charge is 0.224 e. The minimum Gasteiger partial charge on any atom is -0.355 e. The van der Waals surface area contributed by atoms with Crippen molar-refractivity contribution in [3.63, 3.8) is 0 Å². The van der Waals surface area contributed by atoms with Gasteiger partial charge in [0.15, 0.2) is 5.96 Å². The van der Waals surface area contributed by atoms with Gasteiger partial charge in [0.1, 0.15) is 0 Å². The van der Waals surface area contributed by atoms with Crippen molar-refractivity contribution in [2.75, 3.05) is 32.9 Å². The molecule has 0 aliphatic carbocycles. The Labute approximate surface area is 154 Å². The highest BCUT2D eigenvalue weighted by atomic mass is 32.2. The van der Waals surface area contributed by atoms with Crippen LogP contribution in [0.2, 0.25) is 0 Å². The average Bonchev–Trinajstić information content (AvgIpc) is 2.44. The first kappa shape index (κ1) is 23.0. The lowest BCUT2D eigenvalue weighted by atomic mass is 9.92. The van der Waals surface area contributed by atoms with E-state index >= 15 is 0 Å². The van der Waals surface area contributed by atoms with Gasteiger partial charge in [-0.2, -0.15) is 0 Å². The SMILES string of the molecule is [CH2]C(C)(C)[CH]C(=O)NCCC(=O)NCCSNC(=N)NC(=N)N(C)C. The summed E-state index contributed by atoms with van der Waals surface area (Å²) in [5.41, 5.74) is -0.440. The number of nitrogens with zero attached hydrogens (tertiary/aromatic N) is 1. The van der Waals surface area contributed by atoms with Gasteiger partial charge in [-0.05, 0) is 24.3 Å². The number of guanidine groups is 2. The molecule has 0 unspecified atom stereocenters. The van der Waals surface area contributed by atoms with Gasteiger partial charge in [0, 0.05) is 39.4 Å². The highest BCUT2D eigenvalue weighted by Gasteiger charge is 2.16. The molecule has 2 amide bonds. The molecule has 0 fully saturated rings. The van der Waals surface area contributed by atoms with Crippen LogP contribution in [0.1, 0.15) is 20.3 Å². The molecule has 6 N–H and O–H groups in total.